The Bertz CT molecular complexity index is 357. The first-order valence-corrected chi connectivity index (χ1v) is 5.20. The third-order valence-electron chi connectivity index (χ3n) is 2.05. The van der Waals surface area contributed by atoms with Crippen molar-refractivity contribution in [2.45, 2.75) is 12.8 Å². The molecule has 0 radical (unpaired) electrons. The molecule has 0 spiro atoms. The molecule has 0 unspecified atom stereocenters. The largest absolute Gasteiger partial charge is 0.288 e. The van der Waals surface area contributed by atoms with Crippen LogP contribution in [0.2, 0.25) is 0 Å². The maximum absolute atomic E-state index is 11.8. The number of thiophene rings is 1. The van der Waals surface area contributed by atoms with Crippen molar-refractivity contribution in [3.63, 3.8) is 0 Å². The summed E-state index contributed by atoms with van der Waals surface area (Å²) in [4.78, 5) is 12.6. The van der Waals surface area contributed by atoms with Gasteiger partial charge in [-0.3, -0.25) is 4.79 Å². The lowest BCUT2D eigenvalue weighted by molar-refractivity contribution is 0.103. The Balaban J connectivity index is 2.22. The molecule has 66 valence electrons. The van der Waals surface area contributed by atoms with E-state index >= 15 is 0 Å². The van der Waals surface area contributed by atoms with Gasteiger partial charge in [0.25, 0.3) is 0 Å². The summed E-state index contributed by atoms with van der Waals surface area (Å²) >= 11 is 1.51. The van der Waals surface area contributed by atoms with Crippen molar-refractivity contribution in [3.05, 3.63) is 46.2 Å². The minimum Gasteiger partial charge on any atom is -0.288 e. The van der Waals surface area contributed by atoms with Gasteiger partial charge in [-0.15, -0.1) is 11.3 Å². The molecule has 1 aliphatic carbocycles. The topological polar surface area (TPSA) is 17.1 Å². The van der Waals surface area contributed by atoms with Gasteiger partial charge in [-0.05, 0) is 24.3 Å². The van der Waals surface area contributed by atoms with Crippen molar-refractivity contribution < 1.29 is 4.79 Å². The van der Waals surface area contributed by atoms with Crippen molar-refractivity contribution in [2.75, 3.05) is 0 Å². The molecule has 0 saturated carbocycles. The van der Waals surface area contributed by atoms with Crippen molar-refractivity contribution in [2.24, 2.45) is 0 Å². The minimum atomic E-state index is 0.194. The highest BCUT2D eigenvalue weighted by atomic mass is 32.1. The molecule has 0 fully saturated rings. The van der Waals surface area contributed by atoms with E-state index in [2.05, 4.69) is 6.08 Å². The maximum Gasteiger partial charge on any atom is 0.198 e. The molecule has 1 nitrogen and oxygen atoms in total. The molecule has 13 heavy (non-hydrogen) atoms. The van der Waals surface area contributed by atoms with Crippen molar-refractivity contribution >= 4 is 17.1 Å². The monoisotopic (exact) mass is 190 g/mol. The molecule has 1 heterocycles. The second-order valence-corrected chi connectivity index (χ2v) is 3.91. The zero-order chi connectivity index (χ0) is 9.10. The Hall–Kier alpha value is -1.15. The zero-order valence-corrected chi connectivity index (χ0v) is 8.01. The van der Waals surface area contributed by atoms with E-state index in [1.165, 1.54) is 11.3 Å². The molecule has 2 rings (SSSR count). The third-order valence-corrected chi connectivity index (χ3v) is 2.92. The first-order chi connectivity index (χ1) is 6.38. The molecule has 0 N–H and O–H groups in total. The number of hydrogen-bond donors (Lipinski definition) is 0. The molecule has 0 saturated heterocycles. The van der Waals surface area contributed by atoms with E-state index in [9.17, 15) is 4.79 Å². The number of rotatable bonds is 2. The molecule has 1 aromatic heterocycles. The van der Waals surface area contributed by atoms with Crippen LogP contribution in [0.15, 0.2) is 41.3 Å². The van der Waals surface area contributed by atoms with Crippen LogP contribution in [0.3, 0.4) is 0 Å². The highest BCUT2D eigenvalue weighted by Gasteiger charge is 2.12. The number of allylic oxidation sites excluding steroid dienone is 4. The molecule has 0 aromatic carbocycles. The third kappa shape index (κ3) is 1.78. The first-order valence-electron chi connectivity index (χ1n) is 4.32. The summed E-state index contributed by atoms with van der Waals surface area (Å²) in [5.74, 6) is 0.194. The average molecular weight is 190 g/mol. The van der Waals surface area contributed by atoms with Crippen LogP contribution in [0.1, 0.15) is 22.5 Å². The standard InChI is InChI=1S/C11H10OS/c12-11(10-7-4-8-13-10)9-5-2-1-3-6-9/h1-2,4-5,7-8H,3,6H2. The van der Waals surface area contributed by atoms with E-state index in [-0.39, 0.29) is 5.78 Å². The molecule has 0 atom stereocenters. The molecular weight excluding hydrogens is 180 g/mol. The fourth-order valence-corrected chi connectivity index (χ4v) is 2.06. The van der Waals surface area contributed by atoms with Crippen molar-refractivity contribution in [1.29, 1.82) is 0 Å². The van der Waals surface area contributed by atoms with E-state index in [0.29, 0.717) is 0 Å². The number of ketones is 1. The van der Waals surface area contributed by atoms with E-state index < -0.39 is 0 Å². The van der Waals surface area contributed by atoms with Gasteiger partial charge in [0.05, 0.1) is 4.88 Å². The smallest absolute Gasteiger partial charge is 0.198 e. The second kappa shape index (κ2) is 3.71. The predicted octanol–water partition coefficient (Wildman–Crippen LogP) is 3.21. The van der Waals surface area contributed by atoms with Gasteiger partial charge in [0.2, 0.25) is 0 Å². The van der Waals surface area contributed by atoms with Gasteiger partial charge in [-0.2, -0.15) is 0 Å². The van der Waals surface area contributed by atoms with Gasteiger partial charge in [-0.1, -0.05) is 24.3 Å². The Kier molecular flexibility index (Phi) is 2.41. The number of hydrogen-bond acceptors (Lipinski definition) is 2. The van der Waals surface area contributed by atoms with Gasteiger partial charge in [0.15, 0.2) is 5.78 Å². The van der Waals surface area contributed by atoms with Crippen molar-refractivity contribution in [3.8, 4) is 0 Å². The number of carbonyl (C=O) groups is 1. The Morgan fingerprint density at radius 3 is 3.00 bits per heavy atom. The number of Topliss-reactive ketones (excluding diaryl/α,β-unsaturated/α-hetero) is 1. The van der Waals surface area contributed by atoms with Crippen molar-refractivity contribution in [1.82, 2.24) is 0 Å². The van der Waals surface area contributed by atoms with Crippen LogP contribution in [0.4, 0.5) is 0 Å². The van der Waals surface area contributed by atoms with Gasteiger partial charge >= 0.3 is 0 Å². The fraction of sp³-hybridized carbons (Fsp3) is 0.182. The lowest BCUT2D eigenvalue weighted by Crippen LogP contribution is -2.02. The zero-order valence-electron chi connectivity index (χ0n) is 7.19. The Labute approximate surface area is 81.4 Å². The van der Waals surface area contributed by atoms with Crippen LogP contribution in [0, 0.1) is 0 Å². The van der Waals surface area contributed by atoms with Gasteiger partial charge in [0.1, 0.15) is 0 Å². The average Bonchev–Trinajstić information content (AvgIpc) is 2.71. The minimum absolute atomic E-state index is 0.194. The summed E-state index contributed by atoms with van der Waals surface area (Å²) in [6.07, 6.45) is 7.84. The molecule has 1 aliphatic rings. The van der Waals surface area contributed by atoms with Crippen LogP contribution < -0.4 is 0 Å². The molecule has 2 heteroatoms. The predicted molar refractivity (Wildman–Crippen MR) is 55.1 cm³/mol. The van der Waals surface area contributed by atoms with Crippen LogP contribution in [0.25, 0.3) is 0 Å². The number of carbonyl (C=O) groups excluding carboxylic acids is 1. The first kappa shape index (κ1) is 8.45. The van der Waals surface area contributed by atoms with E-state index in [1.54, 1.807) is 0 Å². The van der Waals surface area contributed by atoms with Crippen LogP contribution in [-0.2, 0) is 0 Å². The Morgan fingerprint density at radius 1 is 1.46 bits per heavy atom. The molecule has 0 bridgehead atoms. The van der Waals surface area contributed by atoms with Gasteiger partial charge in [-0.25, -0.2) is 0 Å². The highest BCUT2D eigenvalue weighted by molar-refractivity contribution is 7.12. The summed E-state index contributed by atoms with van der Waals surface area (Å²) in [5.41, 5.74) is 0.935. The quantitative estimate of drug-likeness (QED) is 0.654. The van der Waals surface area contributed by atoms with Crippen LogP contribution in [0.5, 0.6) is 0 Å². The second-order valence-electron chi connectivity index (χ2n) is 2.97. The summed E-state index contributed by atoms with van der Waals surface area (Å²) < 4.78 is 0. The summed E-state index contributed by atoms with van der Waals surface area (Å²) in [5, 5.41) is 1.94. The Morgan fingerprint density at radius 2 is 2.38 bits per heavy atom. The SMILES string of the molecule is O=C(C1=CC=CCC1)c1cccs1. The molecule has 0 aliphatic heterocycles. The van der Waals surface area contributed by atoms with E-state index in [1.807, 2.05) is 29.7 Å². The lowest BCUT2D eigenvalue weighted by atomic mass is 10.0. The van der Waals surface area contributed by atoms with Crippen LogP contribution >= 0.6 is 11.3 Å². The fourth-order valence-electron chi connectivity index (χ4n) is 1.36. The molecular formula is C11H10OS. The van der Waals surface area contributed by atoms with Gasteiger partial charge < -0.3 is 0 Å². The summed E-state index contributed by atoms with van der Waals surface area (Å²) in [6, 6.07) is 3.79. The highest BCUT2D eigenvalue weighted by Crippen LogP contribution is 2.20. The van der Waals surface area contributed by atoms with Crippen LogP contribution in [-0.4, -0.2) is 5.78 Å². The normalized spacial score (nSPS) is 15.5. The molecule has 1 aromatic rings. The van der Waals surface area contributed by atoms with E-state index in [4.69, 9.17) is 0 Å². The molecule has 0 amide bonds. The summed E-state index contributed by atoms with van der Waals surface area (Å²) in [6.45, 7) is 0. The van der Waals surface area contributed by atoms with E-state index in [0.717, 1.165) is 23.3 Å². The summed E-state index contributed by atoms with van der Waals surface area (Å²) in [7, 11) is 0. The van der Waals surface area contributed by atoms with Gasteiger partial charge in [0, 0.05) is 5.57 Å². The maximum atomic E-state index is 11.8. The lowest BCUT2D eigenvalue weighted by Gasteiger charge is -2.05.